The highest BCUT2D eigenvalue weighted by Gasteiger charge is 2.22. The Balaban J connectivity index is 1.60. The highest BCUT2D eigenvalue weighted by molar-refractivity contribution is 5.94. The van der Waals surface area contributed by atoms with Crippen molar-refractivity contribution in [2.24, 2.45) is 0 Å². The predicted octanol–water partition coefficient (Wildman–Crippen LogP) is 3.45. The molecule has 3 aromatic rings. The Morgan fingerprint density at radius 2 is 1.82 bits per heavy atom. The van der Waals surface area contributed by atoms with Crippen LogP contribution in [-0.2, 0) is 24.2 Å². The van der Waals surface area contributed by atoms with E-state index in [1.54, 1.807) is 11.0 Å². The zero-order valence-electron chi connectivity index (χ0n) is 16.0. The SMILES string of the molecule is CCc1ccc(-c2ccc(=O)n(CC(=O)N3CCCc4ccccc43)n2)cc1. The molecular formula is C23H23N3O2. The second-order valence-corrected chi connectivity index (χ2v) is 7.04. The summed E-state index contributed by atoms with van der Waals surface area (Å²) in [5.41, 5.74) is 4.71. The number of carbonyl (C=O) groups is 1. The average molecular weight is 373 g/mol. The van der Waals surface area contributed by atoms with E-state index in [0.29, 0.717) is 12.2 Å². The summed E-state index contributed by atoms with van der Waals surface area (Å²) in [6, 6.07) is 19.3. The van der Waals surface area contributed by atoms with E-state index in [1.165, 1.54) is 21.9 Å². The first-order chi connectivity index (χ1) is 13.7. The molecule has 0 fully saturated rings. The van der Waals surface area contributed by atoms with Crippen molar-refractivity contribution in [3.63, 3.8) is 0 Å². The molecule has 0 bridgehead atoms. The molecule has 0 aliphatic carbocycles. The average Bonchev–Trinajstić information content (AvgIpc) is 2.75. The van der Waals surface area contributed by atoms with Crippen molar-refractivity contribution in [3.8, 4) is 11.3 Å². The van der Waals surface area contributed by atoms with E-state index < -0.39 is 0 Å². The normalized spacial score (nSPS) is 13.2. The lowest BCUT2D eigenvalue weighted by molar-refractivity contribution is -0.119. The van der Waals surface area contributed by atoms with E-state index in [2.05, 4.69) is 30.2 Å². The van der Waals surface area contributed by atoms with Gasteiger partial charge in [0.05, 0.1) is 5.69 Å². The molecule has 5 nitrogen and oxygen atoms in total. The highest BCUT2D eigenvalue weighted by Crippen LogP contribution is 2.26. The van der Waals surface area contributed by atoms with Gasteiger partial charge in [0.1, 0.15) is 6.54 Å². The lowest BCUT2D eigenvalue weighted by Crippen LogP contribution is -2.40. The first-order valence-corrected chi connectivity index (χ1v) is 9.71. The fraction of sp³-hybridized carbons (Fsp3) is 0.261. The van der Waals surface area contributed by atoms with Crippen LogP contribution >= 0.6 is 0 Å². The van der Waals surface area contributed by atoms with Crippen molar-refractivity contribution < 1.29 is 4.79 Å². The molecule has 0 saturated heterocycles. The second-order valence-electron chi connectivity index (χ2n) is 7.04. The first kappa shape index (κ1) is 18.2. The molecule has 1 amide bonds. The summed E-state index contributed by atoms with van der Waals surface area (Å²) in [6.07, 6.45) is 2.87. The van der Waals surface area contributed by atoms with Gasteiger partial charge in [-0.1, -0.05) is 49.4 Å². The summed E-state index contributed by atoms with van der Waals surface area (Å²) in [5.74, 6) is -0.111. The molecule has 1 aliphatic heterocycles. The quantitative estimate of drug-likeness (QED) is 0.704. The van der Waals surface area contributed by atoms with Gasteiger partial charge in [0.15, 0.2) is 0 Å². The molecular weight excluding hydrogens is 350 g/mol. The summed E-state index contributed by atoms with van der Waals surface area (Å²) < 4.78 is 1.27. The molecule has 142 valence electrons. The third-order valence-electron chi connectivity index (χ3n) is 5.22. The largest absolute Gasteiger partial charge is 0.311 e. The molecule has 4 rings (SSSR count). The number of rotatable bonds is 4. The van der Waals surface area contributed by atoms with Gasteiger partial charge in [-0.25, -0.2) is 4.68 Å². The minimum Gasteiger partial charge on any atom is -0.311 e. The lowest BCUT2D eigenvalue weighted by atomic mass is 10.0. The standard InChI is InChI=1S/C23H23N3O2/c1-2-17-9-11-18(12-10-17)20-13-14-22(27)26(24-20)16-23(28)25-15-5-7-19-6-3-4-8-21(19)25/h3-4,6,8-14H,2,5,7,15-16H2,1H3. The van der Waals surface area contributed by atoms with Crippen LogP contribution in [0.2, 0.25) is 0 Å². The molecule has 0 saturated carbocycles. The van der Waals surface area contributed by atoms with Crippen LogP contribution in [0.5, 0.6) is 0 Å². The number of fused-ring (bicyclic) bond motifs is 1. The van der Waals surface area contributed by atoms with Gasteiger partial charge in [-0.15, -0.1) is 0 Å². The number of para-hydroxylation sites is 1. The molecule has 5 heteroatoms. The van der Waals surface area contributed by atoms with Crippen molar-refractivity contribution >= 4 is 11.6 Å². The van der Waals surface area contributed by atoms with Gasteiger partial charge < -0.3 is 4.90 Å². The van der Waals surface area contributed by atoms with Gasteiger partial charge in [-0.3, -0.25) is 9.59 Å². The fourth-order valence-corrected chi connectivity index (χ4v) is 3.63. The zero-order valence-corrected chi connectivity index (χ0v) is 16.0. The van der Waals surface area contributed by atoms with Gasteiger partial charge >= 0.3 is 0 Å². The predicted molar refractivity (Wildman–Crippen MR) is 110 cm³/mol. The minimum absolute atomic E-state index is 0.0615. The van der Waals surface area contributed by atoms with Crippen molar-refractivity contribution in [1.82, 2.24) is 9.78 Å². The molecule has 2 heterocycles. The first-order valence-electron chi connectivity index (χ1n) is 9.71. The number of nitrogens with zero attached hydrogens (tertiary/aromatic N) is 3. The van der Waals surface area contributed by atoms with Crippen LogP contribution in [-0.4, -0.2) is 22.2 Å². The van der Waals surface area contributed by atoms with Crippen LogP contribution in [0.1, 0.15) is 24.5 Å². The fourth-order valence-electron chi connectivity index (χ4n) is 3.63. The number of aryl methyl sites for hydroxylation is 2. The summed E-state index contributed by atoms with van der Waals surface area (Å²) in [4.78, 5) is 27.0. The number of anilines is 1. The minimum atomic E-state index is -0.271. The van der Waals surface area contributed by atoms with Gasteiger partial charge in [0.25, 0.3) is 5.56 Å². The third kappa shape index (κ3) is 3.60. The van der Waals surface area contributed by atoms with Crippen LogP contribution < -0.4 is 10.5 Å². The van der Waals surface area contributed by atoms with Gasteiger partial charge in [-0.2, -0.15) is 5.10 Å². The maximum absolute atomic E-state index is 12.9. The number of carbonyl (C=O) groups excluding carboxylic acids is 1. The Labute approximate surface area is 164 Å². The van der Waals surface area contributed by atoms with Gasteiger partial charge in [0.2, 0.25) is 5.91 Å². The Kier molecular flexibility index (Phi) is 5.06. The topological polar surface area (TPSA) is 55.2 Å². The smallest absolute Gasteiger partial charge is 0.267 e. The van der Waals surface area contributed by atoms with E-state index in [1.807, 2.05) is 30.3 Å². The third-order valence-corrected chi connectivity index (χ3v) is 5.22. The summed E-state index contributed by atoms with van der Waals surface area (Å²) in [5, 5.41) is 4.45. The number of benzene rings is 2. The lowest BCUT2D eigenvalue weighted by Gasteiger charge is -2.29. The van der Waals surface area contributed by atoms with Crippen LogP contribution in [0, 0.1) is 0 Å². The van der Waals surface area contributed by atoms with Crippen LogP contribution in [0.4, 0.5) is 5.69 Å². The van der Waals surface area contributed by atoms with Crippen LogP contribution in [0.15, 0.2) is 65.5 Å². The summed E-state index contributed by atoms with van der Waals surface area (Å²) in [6.45, 7) is 2.72. The van der Waals surface area contributed by atoms with Crippen molar-refractivity contribution in [1.29, 1.82) is 0 Å². The van der Waals surface area contributed by atoms with E-state index in [0.717, 1.165) is 30.5 Å². The molecule has 28 heavy (non-hydrogen) atoms. The van der Waals surface area contributed by atoms with E-state index in [4.69, 9.17) is 0 Å². The monoisotopic (exact) mass is 373 g/mol. The Hall–Kier alpha value is -3.21. The Morgan fingerprint density at radius 1 is 1.04 bits per heavy atom. The van der Waals surface area contributed by atoms with E-state index in [9.17, 15) is 9.59 Å². The summed E-state index contributed by atoms with van der Waals surface area (Å²) >= 11 is 0. The maximum Gasteiger partial charge on any atom is 0.267 e. The van der Waals surface area contributed by atoms with Crippen LogP contribution in [0.25, 0.3) is 11.3 Å². The molecule has 0 atom stereocenters. The molecule has 0 spiro atoms. The highest BCUT2D eigenvalue weighted by atomic mass is 16.2. The molecule has 2 aromatic carbocycles. The zero-order chi connectivity index (χ0) is 19.5. The van der Waals surface area contributed by atoms with E-state index in [-0.39, 0.29) is 18.0 Å². The number of amides is 1. The van der Waals surface area contributed by atoms with E-state index >= 15 is 0 Å². The van der Waals surface area contributed by atoms with Gasteiger partial charge in [-0.05, 0) is 42.5 Å². The number of hydrogen-bond acceptors (Lipinski definition) is 3. The maximum atomic E-state index is 12.9. The number of aromatic nitrogens is 2. The van der Waals surface area contributed by atoms with Crippen molar-refractivity contribution in [2.75, 3.05) is 11.4 Å². The van der Waals surface area contributed by atoms with Crippen molar-refractivity contribution in [2.45, 2.75) is 32.7 Å². The molecule has 0 N–H and O–H groups in total. The number of hydrogen-bond donors (Lipinski definition) is 0. The second kappa shape index (κ2) is 7.80. The molecule has 0 radical (unpaired) electrons. The molecule has 1 aliphatic rings. The van der Waals surface area contributed by atoms with Gasteiger partial charge in [0, 0.05) is 23.9 Å². The van der Waals surface area contributed by atoms with Crippen molar-refractivity contribution in [3.05, 3.63) is 82.1 Å². The Bertz CT molecular complexity index is 1050. The molecule has 0 unspecified atom stereocenters. The summed E-state index contributed by atoms with van der Waals surface area (Å²) in [7, 11) is 0. The Morgan fingerprint density at radius 3 is 2.61 bits per heavy atom. The van der Waals surface area contributed by atoms with Crippen LogP contribution in [0.3, 0.4) is 0 Å². The molecule has 1 aromatic heterocycles.